The molecule has 2 heterocycles. The van der Waals surface area contributed by atoms with Gasteiger partial charge in [-0.25, -0.2) is 0 Å². The summed E-state index contributed by atoms with van der Waals surface area (Å²) in [6.07, 6.45) is 4.07. The zero-order valence-electron chi connectivity index (χ0n) is 11.4. The van der Waals surface area contributed by atoms with Crippen molar-refractivity contribution >= 4 is 11.0 Å². The lowest BCUT2D eigenvalue weighted by Crippen LogP contribution is -2.19. The Hall–Kier alpha value is -2.41. The van der Waals surface area contributed by atoms with E-state index in [1.54, 1.807) is 19.4 Å². The molecule has 1 unspecified atom stereocenters. The van der Waals surface area contributed by atoms with Crippen LogP contribution in [0.4, 0.5) is 0 Å². The monoisotopic (exact) mass is 269 g/mol. The van der Waals surface area contributed by atoms with Gasteiger partial charge in [0, 0.05) is 24.9 Å². The minimum absolute atomic E-state index is 0.116. The Bertz CT molecular complexity index is 721. The SMILES string of the molecule is CNC(Cc1nnn(C)n1)c1ccc2nccnc2c1. The van der Waals surface area contributed by atoms with Crippen molar-refractivity contribution < 1.29 is 0 Å². The van der Waals surface area contributed by atoms with Crippen LogP contribution in [0.1, 0.15) is 17.4 Å². The molecule has 7 nitrogen and oxygen atoms in total. The molecule has 3 aromatic rings. The van der Waals surface area contributed by atoms with Crippen LogP contribution >= 0.6 is 0 Å². The van der Waals surface area contributed by atoms with E-state index in [1.165, 1.54) is 4.80 Å². The summed E-state index contributed by atoms with van der Waals surface area (Å²) in [7, 11) is 3.68. The van der Waals surface area contributed by atoms with Crippen LogP contribution in [0.5, 0.6) is 0 Å². The molecule has 0 aliphatic carbocycles. The van der Waals surface area contributed by atoms with Gasteiger partial charge >= 0.3 is 0 Å². The molecule has 1 N–H and O–H groups in total. The highest BCUT2D eigenvalue weighted by molar-refractivity contribution is 5.74. The van der Waals surface area contributed by atoms with Crippen LogP contribution in [-0.2, 0) is 13.5 Å². The van der Waals surface area contributed by atoms with Crippen molar-refractivity contribution in [1.82, 2.24) is 35.5 Å². The molecule has 1 atom stereocenters. The van der Waals surface area contributed by atoms with Crippen molar-refractivity contribution in [3.8, 4) is 0 Å². The Labute approximate surface area is 116 Å². The molecule has 20 heavy (non-hydrogen) atoms. The maximum absolute atomic E-state index is 4.33. The zero-order chi connectivity index (χ0) is 13.9. The average Bonchev–Trinajstić information content (AvgIpc) is 2.89. The molecule has 0 bridgehead atoms. The van der Waals surface area contributed by atoms with Crippen molar-refractivity contribution in [3.63, 3.8) is 0 Å². The van der Waals surface area contributed by atoms with Gasteiger partial charge < -0.3 is 5.32 Å². The largest absolute Gasteiger partial charge is 0.313 e. The topological polar surface area (TPSA) is 81.4 Å². The average molecular weight is 269 g/mol. The Kier molecular flexibility index (Phi) is 3.34. The van der Waals surface area contributed by atoms with Crippen LogP contribution < -0.4 is 5.32 Å². The third-order valence-electron chi connectivity index (χ3n) is 3.18. The van der Waals surface area contributed by atoms with Crippen LogP contribution in [0.3, 0.4) is 0 Å². The van der Waals surface area contributed by atoms with Crippen molar-refractivity contribution in [2.45, 2.75) is 12.5 Å². The number of hydrogen-bond donors (Lipinski definition) is 1. The molecule has 0 radical (unpaired) electrons. The van der Waals surface area contributed by atoms with Gasteiger partial charge in [-0.05, 0) is 30.0 Å². The first-order valence-corrected chi connectivity index (χ1v) is 6.37. The number of hydrogen-bond acceptors (Lipinski definition) is 6. The van der Waals surface area contributed by atoms with Gasteiger partial charge in [-0.1, -0.05) is 6.07 Å². The molecule has 3 rings (SSSR count). The summed E-state index contributed by atoms with van der Waals surface area (Å²) in [6, 6.07) is 6.19. The third kappa shape index (κ3) is 2.48. The van der Waals surface area contributed by atoms with E-state index in [0.29, 0.717) is 12.2 Å². The molecule has 7 heteroatoms. The van der Waals surface area contributed by atoms with E-state index >= 15 is 0 Å². The summed E-state index contributed by atoms with van der Waals surface area (Å²) in [4.78, 5) is 10.1. The summed E-state index contributed by atoms with van der Waals surface area (Å²) < 4.78 is 0. The first-order chi connectivity index (χ1) is 9.76. The molecule has 2 aromatic heterocycles. The fourth-order valence-corrected chi connectivity index (χ4v) is 2.17. The van der Waals surface area contributed by atoms with Crippen molar-refractivity contribution in [2.75, 3.05) is 7.05 Å². The summed E-state index contributed by atoms with van der Waals surface area (Å²) in [6.45, 7) is 0. The van der Waals surface area contributed by atoms with Crippen molar-refractivity contribution in [1.29, 1.82) is 0 Å². The fourth-order valence-electron chi connectivity index (χ4n) is 2.17. The maximum atomic E-state index is 4.33. The van der Waals surface area contributed by atoms with E-state index in [2.05, 4.69) is 36.8 Å². The second-order valence-corrected chi connectivity index (χ2v) is 4.54. The van der Waals surface area contributed by atoms with E-state index < -0.39 is 0 Å². The van der Waals surface area contributed by atoms with Crippen molar-refractivity contribution in [3.05, 3.63) is 42.0 Å². The van der Waals surface area contributed by atoms with Crippen LogP contribution in [0, 0.1) is 0 Å². The normalized spacial score (nSPS) is 12.7. The fraction of sp³-hybridized carbons (Fsp3) is 0.308. The molecule has 0 spiro atoms. The standard InChI is InChI=1S/C13H15N7/c1-14-11(8-13-17-19-20(2)18-13)9-3-4-10-12(7-9)16-6-5-15-10/h3-7,11,14H,8H2,1-2H3. The lowest BCUT2D eigenvalue weighted by molar-refractivity contribution is 0.570. The Morgan fingerprint density at radius 1 is 1.20 bits per heavy atom. The molecule has 0 aliphatic rings. The lowest BCUT2D eigenvalue weighted by Gasteiger charge is -2.15. The van der Waals surface area contributed by atoms with Gasteiger partial charge in [-0.15, -0.1) is 10.2 Å². The molecule has 1 aromatic carbocycles. The predicted octanol–water partition coefficient (Wildman–Crippen LogP) is 0.656. The molecule has 0 amide bonds. The Balaban J connectivity index is 1.90. The van der Waals surface area contributed by atoms with Gasteiger partial charge in [0.15, 0.2) is 5.82 Å². The number of benzene rings is 1. The predicted molar refractivity (Wildman–Crippen MR) is 73.8 cm³/mol. The number of fused-ring (bicyclic) bond motifs is 1. The van der Waals surface area contributed by atoms with E-state index in [4.69, 9.17) is 0 Å². The van der Waals surface area contributed by atoms with E-state index in [0.717, 1.165) is 16.6 Å². The highest BCUT2D eigenvalue weighted by atomic mass is 15.6. The molecule has 0 fully saturated rings. The number of aryl methyl sites for hydroxylation is 1. The molecule has 102 valence electrons. The van der Waals surface area contributed by atoms with Gasteiger partial charge in [0.2, 0.25) is 0 Å². The first kappa shape index (κ1) is 12.6. The molecule has 0 aliphatic heterocycles. The third-order valence-corrected chi connectivity index (χ3v) is 3.18. The zero-order valence-corrected chi connectivity index (χ0v) is 11.4. The first-order valence-electron chi connectivity index (χ1n) is 6.37. The lowest BCUT2D eigenvalue weighted by atomic mass is 10.0. The molecular weight excluding hydrogens is 254 g/mol. The number of tetrazole rings is 1. The van der Waals surface area contributed by atoms with E-state index in [9.17, 15) is 0 Å². The van der Waals surface area contributed by atoms with Crippen LogP contribution in [0.2, 0.25) is 0 Å². The second-order valence-electron chi connectivity index (χ2n) is 4.54. The second kappa shape index (κ2) is 5.30. The van der Waals surface area contributed by atoms with Gasteiger partial charge in [-0.3, -0.25) is 9.97 Å². The number of aromatic nitrogens is 6. The van der Waals surface area contributed by atoms with E-state index in [-0.39, 0.29) is 6.04 Å². The minimum Gasteiger partial charge on any atom is -0.313 e. The Morgan fingerprint density at radius 2 is 2.00 bits per heavy atom. The van der Waals surface area contributed by atoms with Crippen molar-refractivity contribution in [2.24, 2.45) is 7.05 Å². The van der Waals surface area contributed by atoms with Crippen LogP contribution in [0.25, 0.3) is 11.0 Å². The van der Waals surface area contributed by atoms with Crippen LogP contribution in [-0.4, -0.2) is 37.2 Å². The number of likely N-dealkylation sites (N-methyl/N-ethyl adjacent to an activating group) is 1. The van der Waals surface area contributed by atoms with Crippen LogP contribution in [0.15, 0.2) is 30.6 Å². The number of nitrogens with one attached hydrogen (secondary N) is 1. The highest BCUT2D eigenvalue weighted by Crippen LogP contribution is 2.19. The Morgan fingerprint density at radius 3 is 2.70 bits per heavy atom. The van der Waals surface area contributed by atoms with Gasteiger partial charge in [0.05, 0.1) is 18.1 Å². The molecule has 0 saturated heterocycles. The van der Waals surface area contributed by atoms with Gasteiger partial charge in [0.1, 0.15) is 0 Å². The molecule has 0 saturated carbocycles. The van der Waals surface area contributed by atoms with E-state index in [1.807, 2.05) is 19.2 Å². The summed E-state index contributed by atoms with van der Waals surface area (Å²) in [5, 5.41) is 15.4. The summed E-state index contributed by atoms with van der Waals surface area (Å²) in [5.41, 5.74) is 2.91. The summed E-state index contributed by atoms with van der Waals surface area (Å²) >= 11 is 0. The molecular formula is C13H15N7. The minimum atomic E-state index is 0.116. The maximum Gasteiger partial charge on any atom is 0.176 e. The summed E-state index contributed by atoms with van der Waals surface area (Å²) in [5.74, 6) is 0.714. The number of rotatable bonds is 4. The quantitative estimate of drug-likeness (QED) is 0.749. The van der Waals surface area contributed by atoms with Gasteiger partial charge in [-0.2, -0.15) is 4.80 Å². The number of nitrogens with zero attached hydrogens (tertiary/aromatic N) is 6. The smallest absolute Gasteiger partial charge is 0.176 e. The van der Waals surface area contributed by atoms with Gasteiger partial charge in [0.25, 0.3) is 0 Å². The highest BCUT2D eigenvalue weighted by Gasteiger charge is 2.14.